The maximum Gasteiger partial charge on any atom is 0.192 e. The Morgan fingerprint density at radius 2 is 1.94 bits per heavy atom. The topological polar surface area (TPSA) is 21.3 Å². The molecule has 17 heavy (non-hydrogen) atoms. The molecule has 3 heteroatoms. The van der Waals surface area contributed by atoms with Gasteiger partial charge in [0.05, 0.1) is 0 Å². The van der Waals surface area contributed by atoms with E-state index in [9.17, 15) is 0 Å². The highest BCUT2D eigenvalue weighted by molar-refractivity contribution is 6.74. The fourth-order valence-electron chi connectivity index (χ4n) is 1.81. The molecule has 100 valence electrons. The van der Waals surface area contributed by atoms with E-state index in [1.807, 2.05) is 0 Å². The molecule has 2 nitrogen and oxygen atoms in total. The van der Waals surface area contributed by atoms with Crippen LogP contribution >= 0.6 is 0 Å². The minimum absolute atomic E-state index is 0.317. The maximum absolute atomic E-state index is 6.12. The molecule has 1 aliphatic rings. The summed E-state index contributed by atoms with van der Waals surface area (Å²) >= 11 is 0. The molecule has 0 spiro atoms. The first-order chi connectivity index (χ1) is 7.76. The predicted molar refractivity (Wildman–Crippen MR) is 77.9 cm³/mol. The third kappa shape index (κ3) is 4.23. The summed E-state index contributed by atoms with van der Waals surface area (Å²) in [6, 6.07) is 0.695. The van der Waals surface area contributed by atoms with Gasteiger partial charge in [0.15, 0.2) is 8.32 Å². The Kier molecular flexibility index (Phi) is 4.99. The van der Waals surface area contributed by atoms with Gasteiger partial charge in [0.25, 0.3) is 0 Å². The summed E-state index contributed by atoms with van der Waals surface area (Å²) < 4.78 is 6.12. The van der Waals surface area contributed by atoms with Crippen LogP contribution in [0, 0.1) is 5.92 Å². The predicted octanol–water partition coefficient (Wildman–Crippen LogP) is 3.56. The summed E-state index contributed by atoms with van der Waals surface area (Å²) in [5.41, 5.74) is 0. The molecule has 0 aromatic rings. The van der Waals surface area contributed by atoms with Crippen molar-refractivity contribution in [3.63, 3.8) is 0 Å². The molecule has 0 amide bonds. The molecule has 0 radical (unpaired) electrons. The Balaban J connectivity index is 2.11. The monoisotopic (exact) mass is 255 g/mol. The lowest BCUT2D eigenvalue weighted by Gasteiger charge is -2.37. The third-order valence-corrected chi connectivity index (χ3v) is 8.85. The van der Waals surface area contributed by atoms with Crippen molar-refractivity contribution in [2.75, 3.05) is 13.2 Å². The van der Waals surface area contributed by atoms with Gasteiger partial charge in [-0.25, -0.2) is 0 Å². The van der Waals surface area contributed by atoms with Crippen molar-refractivity contribution in [1.82, 2.24) is 5.32 Å². The molecule has 1 rings (SSSR count). The fourth-order valence-corrected chi connectivity index (χ4v) is 2.85. The largest absolute Gasteiger partial charge is 0.416 e. The fraction of sp³-hybridized carbons (Fsp3) is 0.857. The lowest BCUT2D eigenvalue weighted by Crippen LogP contribution is -2.45. The molecular formula is C14H29NOSi. The zero-order valence-electron chi connectivity index (χ0n) is 12.2. The maximum atomic E-state index is 6.12. The molecule has 0 aliphatic heterocycles. The van der Waals surface area contributed by atoms with Gasteiger partial charge in [0, 0.05) is 19.2 Å². The summed E-state index contributed by atoms with van der Waals surface area (Å²) in [5.74, 6) is 0.744. The van der Waals surface area contributed by atoms with E-state index >= 15 is 0 Å². The summed E-state index contributed by atoms with van der Waals surface area (Å²) in [7, 11) is -1.55. The van der Waals surface area contributed by atoms with E-state index in [0.717, 1.165) is 19.1 Å². The van der Waals surface area contributed by atoms with Crippen molar-refractivity contribution in [2.24, 2.45) is 5.92 Å². The van der Waals surface area contributed by atoms with Crippen LogP contribution in [-0.4, -0.2) is 27.5 Å². The van der Waals surface area contributed by atoms with E-state index in [4.69, 9.17) is 4.43 Å². The highest BCUT2D eigenvalue weighted by atomic mass is 28.4. The van der Waals surface area contributed by atoms with Crippen LogP contribution in [0.2, 0.25) is 18.1 Å². The second-order valence-corrected chi connectivity index (χ2v) is 11.5. The van der Waals surface area contributed by atoms with Gasteiger partial charge >= 0.3 is 0 Å². The third-order valence-electron chi connectivity index (χ3n) is 4.31. The zero-order valence-corrected chi connectivity index (χ0v) is 13.2. The minimum Gasteiger partial charge on any atom is -0.416 e. The highest BCUT2D eigenvalue weighted by Crippen LogP contribution is 2.36. The second kappa shape index (κ2) is 5.68. The number of hydrogen-bond acceptors (Lipinski definition) is 2. The Hall–Kier alpha value is -0.123. The molecule has 1 fully saturated rings. The second-order valence-electron chi connectivity index (χ2n) is 6.73. The molecule has 0 saturated heterocycles. The summed E-state index contributed by atoms with van der Waals surface area (Å²) in [4.78, 5) is 0. The molecule has 0 bridgehead atoms. The number of allylic oxidation sites excluding steroid dienone is 1. The van der Waals surface area contributed by atoms with E-state index in [1.165, 1.54) is 12.8 Å². The van der Waals surface area contributed by atoms with Crippen LogP contribution in [0.1, 0.15) is 33.6 Å². The highest BCUT2D eigenvalue weighted by Gasteiger charge is 2.37. The van der Waals surface area contributed by atoms with E-state index in [1.54, 1.807) is 0 Å². The molecule has 1 aliphatic carbocycles. The van der Waals surface area contributed by atoms with Gasteiger partial charge in [-0.05, 0) is 36.9 Å². The van der Waals surface area contributed by atoms with Crippen molar-refractivity contribution in [3.05, 3.63) is 12.7 Å². The summed E-state index contributed by atoms with van der Waals surface area (Å²) in [5, 5.41) is 3.87. The van der Waals surface area contributed by atoms with Crippen molar-refractivity contribution in [2.45, 2.75) is 57.8 Å². The minimum atomic E-state index is -1.55. The standard InChI is InChI=1S/C14H29NOSi/c1-7-12-10-13(11-12)15-8-9-16-17(5,6)14(2,3)4/h7,12-13,15H,1,8-11H2,2-6H3/t12-,13-. The average molecular weight is 255 g/mol. The SMILES string of the molecule is C=C[C@H]1C[C@H](NCCO[Si](C)(C)C(C)(C)C)C1. The van der Waals surface area contributed by atoms with Crippen molar-refractivity contribution in [1.29, 1.82) is 0 Å². The number of hydrogen-bond donors (Lipinski definition) is 1. The van der Waals surface area contributed by atoms with Gasteiger partial charge in [-0.15, -0.1) is 6.58 Å². The Labute approximate surface area is 108 Å². The van der Waals surface area contributed by atoms with Crippen molar-refractivity contribution >= 4 is 8.32 Å². The summed E-state index contributed by atoms with van der Waals surface area (Å²) in [6.07, 6.45) is 4.58. The van der Waals surface area contributed by atoms with Gasteiger partial charge in [0.1, 0.15) is 0 Å². The first kappa shape index (κ1) is 14.9. The molecule has 0 unspecified atom stereocenters. The molecule has 0 aromatic carbocycles. The average Bonchev–Trinajstić information content (AvgIpc) is 2.12. The molecule has 1 N–H and O–H groups in total. The van der Waals surface area contributed by atoms with Crippen LogP contribution in [0.25, 0.3) is 0 Å². The lowest BCUT2D eigenvalue weighted by atomic mass is 9.80. The van der Waals surface area contributed by atoms with Crippen LogP contribution in [0.4, 0.5) is 0 Å². The Morgan fingerprint density at radius 3 is 2.41 bits per heavy atom. The van der Waals surface area contributed by atoms with E-state index in [0.29, 0.717) is 11.1 Å². The van der Waals surface area contributed by atoms with Crippen LogP contribution < -0.4 is 5.32 Å². The lowest BCUT2D eigenvalue weighted by molar-refractivity contribution is 0.233. The van der Waals surface area contributed by atoms with Crippen LogP contribution in [0.5, 0.6) is 0 Å². The first-order valence-electron chi connectivity index (χ1n) is 6.76. The van der Waals surface area contributed by atoms with E-state index < -0.39 is 8.32 Å². The van der Waals surface area contributed by atoms with E-state index in [2.05, 4.69) is 51.8 Å². The van der Waals surface area contributed by atoms with Gasteiger partial charge in [0.2, 0.25) is 0 Å². The number of rotatable bonds is 6. The molecule has 0 atom stereocenters. The van der Waals surface area contributed by atoms with Gasteiger partial charge < -0.3 is 9.74 Å². The van der Waals surface area contributed by atoms with E-state index in [-0.39, 0.29) is 0 Å². The van der Waals surface area contributed by atoms with Crippen molar-refractivity contribution in [3.8, 4) is 0 Å². The van der Waals surface area contributed by atoms with Crippen LogP contribution in [-0.2, 0) is 4.43 Å². The summed E-state index contributed by atoms with van der Waals surface area (Å²) in [6.45, 7) is 17.1. The Bertz CT molecular complexity index is 251. The van der Waals surface area contributed by atoms with Crippen LogP contribution in [0.15, 0.2) is 12.7 Å². The first-order valence-corrected chi connectivity index (χ1v) is 9.67. The molecular weight excluding hydrogens is 226 g/mol. The molecule has 0 heterocycles. The Morgan fingerprint density at radius 1 is 1.35 bits per heavy atom. The number of nitrogens with one attached hydrogen (secondary N) is 1. The van der Waals surface area contributed by atoms with Gasteiger partial charge in [-0.2, -0.15) is 0 Å². The normalized spacial score (nSPS) is 25.5. The van der Waals surface area contributed by atoms with Gasteiger partial charge in [-0.3, -0.25) is 0 Å². The zero-order chi connectivity index (χ0) is 13.1. The quantitative estimate of drug-likeness (QED) is 0.445. The van der Waals surface area contributed by atoms with Gasteiger partial charge in [-0.1, -0.05) is 26.8 Å². The van der Waals surface area contributed by atoms with Crippen molar-refractivity contribution < 1.29 is 4.43 Å². The molecule has 1 saturated carbocycles. The molecule has 0 aromatic heterocycles. The van der Waals surface area contributed by atoms with Crippen LogP contribution in [0.3, 0.4) is 0 Å². The smallest absolute Gasteiger partial charge is 0.192 e.